The molecule has 0 aliphatic carbocycles. The first-order chi connectivity index (χ1) is 16.0. The lowest BCUT2D eigenvalue weighted by Gasteiger charge is -2.31. The van der Waals surface area contributed by atoms with Crippen LogP contribution in [0.5, 0.6) is 0 Å². The molecule has 1 aromatic rings. The van der Waals surface area contributed by atoms with Crippen molar-refractivity contribution >= 4 is 29.5 Å². The van der Waals surface area contributed by atoms with Gasteiger partial charge in [0.05, 0.1) is 35.5 Å². The Bertz CT molecular complexity index is 1050. The third-order valence-corrected chi connectivity index (χ3v) is 4.75. The maximum absolute atomic E-state index is 13.1. The summed E-state index contributed by atoms with van der Waals surface area (Å²) in [5.74, 6) is -2.27. The van der Waals surface area contributed by atoms with Crippen LogP contribution in [0.4, 0.5) is 5.69 Å². The second kappa shape index (κ2) is 11.8. The fraction of sp³-hybridized carbons (Fsp3) is 0.391. The van der Waals surface area contributed by atoms with E-state index in [1.165, 1.54) is 7.11 Å². The number of nitrogens with one attached hydrogen (secondary N) is 1. The molecule has 1 unspecified atom stereocenters. The molecule has 34 heavy (non-hydrogen) atoms. The SMILES string of the molecule is COCCOC(=O)C1=C(C)NC(C)=C(C(=O)OC(C)C)C1c1cccc(N=C(N)N=C(N)N)c1. The summed E-state index contributed by atoms with van der Waals surface area (Å²) in [7, 11) is 1.51. The highest BCUT2D eigenvalue weighted by Gasteiger charge is 2.38. The molecule has 184 valence electrons. The van der Waals surface area contributed by atoms with E-state index in [1.54, 1.807) is 52.0 Å². The Labute approximate surface area is 198 Å². The van der Waals surface area contributed by atoms with Gasteiger partial charge in [0, 0.05) is 18.5 Å². The average molecular weight is 473 g/mol. The van der Waals surface area contributed by atoms with Gasteiger partial charge in [-0.25, -0.2) is 14.6 Å². The Morgan fingerprint density at radius 3 is 2.29 bits per heavy atom. The van der Waals surface area contributed by atoms with E-state index in [0.29, 0.717) is 22.6 Å². The van der Waals surface area contributed by atoms with Crippen molar-refractivity contribution in [3.63, 3.8) is 0 Å². The minimum Gasteiger partial charge on any atom is -0.460 e. The van der Waals surface area contributed by atoms with Crippen LogP contribution in [-0.2, 0) is 23.8 Å². The summed E-state index contributed by atoms with van der Waals surface area (Å²) in [6.07, 6.45) is -0.354. The molecule has 0 fully saturated rings. The highest BCUT2D eigenvalue weighted by molar-refractivity contribution is 6.00. The van der Waals surface area contributed by atoms with E-state index in [4.69, 9.17) is 31.4 Å². The Kier molecular flexibility index (Phi) is 9.19. The van der Waals surface area contributed by atoms with Crippen molar-refractivity contribution in [3.8, 4) is 0 Å². The number of guanidine groups is 2. The molecule has 1 aliphatic rings. The molecule has 7 N–H and O–H groups in total. The zero-order chi connectivity index (χ0) is 25.4. The number of nitrogens with two attached hydrogens (primary N) is 3. The van der Waals surface area contributed by atoms with Gasteiger partial charge in [-0.1, -0.05) is 12.1 Å². The van der Waals surface area contributed by atoms with Crippen LogP contribution < -0.4 is 22.5 Å². The number of methoxy groups -OCH3 is 1. The van der Waals surface area contributed by atoms with Gasteiger partial charge < -0.3 is 36.7 Å². The summed E-state index contributed by atoms with van der Waals surface area (Å²) in [4.78, 5) is 34.1. The molecule has 11 heteroatoms. The third kappa shape index (κ3) is 6.82. The van der Waals surface area contributed by atoms with Gasteiger partial charge in [0.15, 0.2) is 5.96 Å². The van der Waals surface area contributed by atoms with Crippen LogP contribution in [0.25, 0.3) is 0 Å². The van der Waals surface area contributed by atoms with E-state index in [0.717, 1.165) is 0 Å². The fourth-order valence-corrected chi connectivity index (χ4v) is 3.50. The highest BCUT2D eigenvalue weighted by atomic mass is 16.6. The second-order valence-corrected chi connectivity index (χ2v) is 7.82. The first kappa shape index (κ1) is 26.4. The van der Waals surface area contributed by atoms with Gasteiger partial charge in [0.25, 0.3) is 0 Å². The average Bonchev–Trinajstić information content (AvgIpc) is 2.72. The van der Waals surface area contributed by atoms with Crippen molar-refractivity contribution in [1.82, 2.24) is 5.32 Å². The molecule has 0 radical (unpaired) electrons. The number of benzene rings is 1. The first-order valence-electron chi connectivity index (χ1n) is 10.6. The zero-order valence-corrected chi connectivity index (χ0v) is 20.0. The Hall–Kier alpha value is -3.86. The summed E-state index contributed by atoms with van der Waals surface area (Å²) >= 11 is 0. The predicted octanol–water partition coefficient (Wildman–Crippen LogP) is 1.28. The van der Waals surface area contributed by atoms with E-state index in [2.05, 4.69) is 15.3 Å². The van der Waals surface area contributed by atoms with Gasteiger partial charge in [0.1, 0.15) is 6.61 Å². The number of hydrogen-bond acceptors (Lipinski definition) is 7. The highest BCUT2D eigenvalue weighted by Crippen LogP contribution is 2.40. The molecule has 1 atom stereocenters. The lowest BCUT2D eigenvalue weighted by molar-refractivity contribution is -0.143. The molecule has 0 spiro atoms. The zero-order valence-electron chi connectivity index (χ0n) is 20.0. The van der Waals surface area contributed by atoms with E-state index in [9.17, 15) is 9.59 Å². The van der Waals surface area contributed by atoms with Crippen molar-refractivity contribution in [2.24, 2.45) is 27.2 Å². The summed E-state index contributed by atoms with van der Waals surface area (Å²) in [5, 5.41) is 3.11. The fourth-order valence-electron chi connectivity index (χ4n) is 3.50. The number of allylic oxidation sites excluding steroid dienone is 2. The predicted molar refractivity (Wildman–Crippen MR) is 129 cm³/mol. The van der Waals surface area contributed by atoms with E-state index in [-0.39, 0.29) is 42.4 Å². The number of ether oxygens (including phenoxy) is 3. The maximum Gasteiger partial charge on any atom is 0.337 e. The van der Waals surface area contributed by atoms with Crippen molar-refractivity contribution in [2.75, 3.05) is 20.3 Å². The molecule has 0 saturated heterocycles. The molecular weight excluding hydrogens is 440 g/mol. The van der Waals surface area contributed by atoms with Crippen molar-refractivity contribution < 1.29 is 23.8 Å². The van der Waals surface area contributed by atoms with E-state index in [1.807, 2.05) is 0 Å². The lowest BCUT2D eigenvalue weighted by Crippen LogP contribution is -2.33. The number of nitrogens with zero attached hydrogens (tertiary/aromatic N) is 2. The summed E-state index contributed by atoms with van der Waals surface area (Å²) in [5.41, 5.74) is 19.2. The third-order valence-electron chi connectivity index (χ3n) is 4.75. The topological polar surface area (TPSA) is 177 Å². The van der Waals surface area contributed by atoms with Crippen LogP contribution in [0.3, 0.4) is 0 Å². The number of dihydropyridines is 1. The Morgan fingerprint density at radius 2 is 1.71 bits per heavy atom. The quantitative estimate of drug-likeness (QED) is 0.188. The van der Waals surface area contributed by atoms with Crippen molar-refractivity contribution in [3.05, 3.63) is 52.4 Å². The molecule has 0 bridgehead atoms. The molecule has 1 aliphatic heterocycles. The van der Waals surface area contributed by atoms with Crippen LogP contribution in [0.15, 0.2) is 56.8 Å². The van der Waals surface area contributed by atoms with E-state index >= 15 is 0 Å². The first-order valence-corrected chi connectivity index (χ1v) is 10.6. The molecule has 0 saturated carbocycles. The molecule has 1 aromatic carbocycles. The maximum atomic E-state index is 13.1. The van der Waals surface area contributed by atoms with Crippen LogP contribution in [0.2, 0.25) is 0 Å². The molecule has 11 nitrogen and oxygen atoms in total. The minimum absolute atomic E-state index is 0.0622. The smallest absolute Gasteiger partial charge is 0.337 e. The number of carbonyl (C=O) groups excluding carboxylic acids is 2. The summed E-state index contributed by atoms with van der Waals surface area (Å²) < 4.78 is 15.9. The molecule has 2 rings (SSSR count). The standard InChI is InChI=1S/C23H32N6O5/c1-12(2)34-21(31)18-14(4)27-13(3)17(20(30)33-10-9-32-5)19(18)15-7-6-8-16(11-15)28-23(26)29-22(24)25/h6-8,11-12,19,27H,9-10H2,1-5H3,(H6,24,25,26,28,29). The Morgan fingerprint density at radius 1 is 1.06 bits per heavy atom. The number of rotatable bonds is 8. The number of hydrogen-bond donors (Lipinski definition) is 4. The van der Waals surface area contributed by atoms with Gasteiger partial charge in [-0.05, 0) is 45.4 Å². The van der Waals surface area contributed by atoms with Gasteiger partial charge in [0.2, 0.25) is 5.96 Å². The second-order valence-electron chi connectivity index (χ2n) is 7.82. The van der Waals surface area contributed by atoms with Crippen LogP contribution in [0.1, 0.15) is 39.2 Å². The van der Waals surface area contributed by atoms with Gasteiger partial charge in [-0.2, -0.15) is 4.99 Å². The summed E-state index contributed by atoms with van der Waals surface area (Å²) in [6, 6.07) is 6.88. The summed E-state index contributed by atoms with van der Waals surface area (Å²) in [6.45, 7) is 7.30. The normalized spacial score (nSPS) is 16.3. The number of aliphatic imine (C=N–C) groups is 2. The minimum atomic E-state index is -0.776. The van der Waals surface area contributed by atoms with Gasteiger partial charge in [-0.3, -0.25) is 0 Å². The monoisotopic (exact) mass is 472 g/mol. The van der Waals surface area contributed by atoms with Crippen LogP contribution >= 0.6 is 0 Å². The molecule has 0 amide bonds. The number of carbonyl (C=O) groups is 2. The molecular formula is C23H32N6O5. The molecule has 1 heterocycles. The van der Waals surface area contributed by atoms with Crippen LogP contribution in [-0.4, -0.2) is 50.3 Å². The van der Waals surface area contributed by atoms with Crippen molar-refractivity contribution in [1.29, 1.82) is 0 Å². The van der Waals surface area contributed by atoms with E-state index < -0.39 is 17.9 Å². The van der Waals surface area contributed by atoms with Crippen LogP contribution in [0, 0.1) is 0 Å². The number of esters is 2. The van der Waals surface area contributed by atoms with Gasteiger partial charge >= 0.3 is 11.9 Å². The molecule has 0 aromatic heterocycles. The largest absolute Gasteiger partial charge is 0.460 e. The Balaban J connectivity index is 2.62. The lowest BCUT2D eigenvalue weighted by atomic mass is 9.80. The van der Waals surface area contributed by atoms with Crippen molar-refractivity contribution in [2.45, 2.75) is 39.7 Å². The van der Waals surface area contributed by atoms with Gasteiger partial charge in [-0.15, -0.1) is 0 Å².